The number of aromatic amines is 1. The lowest BCUT2D eigenvalue weighted by Crippen LogP contribution is -2.17. The zero-order valence-corrected chi connectivity index (χ0v) is 13.9. The molecule has 0 atom stereocenters. The molecule has 0 bridgehead atoms. The van der Waals surface area contributed by atoms with E-state index in [-0.39, 0.29) is 5.91 Å². The first kappa shape index (κ1) is 15.1. The van der Waals surface area contributed by atoms with Crippen molar-refractivity contribution in [2.75, 3.05) is 23.3 Å². The van der Waals surface area contributed by atoms with E-state index in [9.17, 15) is 4.79 Å². The van der Waals surface area contributed by atoms with Gasteiger partial charge in [-0.25, -0.2) is 0 Å². The number of hydrogen-bond donors (Lipinski definition) is 2. The molecule has 3 aromatic rings. The van der Waals surface area contributed by atoms with Crippen LogP contribution >= 0.6 is 11.6 Å². The Morgan fingerprint density at radius 1 is 1.04 bits per heavy atom. The maximum Gasteiger partial charge on any atom is 0.272 e. The van der Waals surface area contributed by atoms with Gasteiger partial charge in [0.15, 0.2) is 0 Å². The lowest BCUT2D eigenvalue weighted by Gasteiger charge is -2.17. The van der Waals surface area contributed by atoms with E-state index in [1.54, 1.807) is 6.07 Å². The molecular weight excluding hydrogens is 322 g/mol. The molecule has 0 spiro atoms. The van der Waals surface area contributed by atoms with Crippen molar-refractivity contribution in [3.8, 4) is 0 Å². The van der Waals surface area contributed by atoms with Crippen LogP contribution in [0.5, 0.6) is 0 Å². The topological polar surface area (TPSA) is 48.1 Å². The molecule has 1 aliphatic rings. The predicted octanol–water partition coefficient (Wildman–Crippen LogP) is 4.67. The third-order valence-electron chi connectivity index (χ3n) is 4.42. The minimum absolute atomic E-state index is 0.156. The van der Waals surface area contributed by atoms with E-state index in [0.717, 1.165) is 29.7 Å². The summed E-state index contributed by atoms with van der Waals surface area (Å²) in [5.41, 5.74) is 3.43. The van der Waals surface area contributed by atoms with Crippen molar-refractivity contribution in [1.29, 1.82) is 0 Å². The third-order valence-corrected chi connectivity index (χ3v) is 4.66. The highest BCUT2D eigenvalue weighted by Gasteiger charge is 2.13. The number of fused-ring (bicyclic) bond motifs is 1. The third kappa shape index (κ3) is 2.97. The van der Waals surface area contributed by atoms with Crippen LogP contribution in [-0.2, 0) is 0 Å². The molecule has 2 aromatic carbocycles. The van der Waals surface area contributed by atoms with Gasteiger partial charge in [-0.1, -0.05) is 11.6 Å². The number of halogens is 1. The average molecular weight is 340 g/mol. The van der Waals surface area contributed by atoms with Crippen LogP contribution in [0, 0.1) is 0 Å². The Bertz CT molecular complexity index is 879. The molecule has 5 heteroatoms. The second kappa shape index (κ2) is 6.21. The monoisotopic (exact) mass is 339 g/mol. The maximum absolute atomic E-state index is 12.4. The molecule has 4 nitrogen and oxygen atoms in total. The zero-order chi connectivity index (χ0) is 16.5. The van der Waals surface area contributed by atoms with Crippen LogP contribution in [0.1, 0.15) is 23.3 Å². The second-order valence-electron chi connectivity index (χ2n) is 6.11. The quantitative estimate of drug-likeness (QED) is 0.728. The Labute approximate surface area is 145 Å². The van der Waals surface area contributed by atoms with Crippen molar-refractivity contribution in [2.24, 2.45) is 0 Å². The van der Waals surface area contributed by atoms with E-state index >= 15 is 0 Å². The lowest BCUT2D eigenvalue weighted by atomic mass is 10.2. The summed E-state index contributed by atoms with van der Waals surface area (Å²) in [6.07, 6.45) is 2.51. The number of hydrogen-bond acceptors (Lipinski definition) is 2. The van der Waals surface area contributed by atoms with Gasteiger partial charge in [-0.3, -0.25) is 4.79 Å². The zero-order valence-electron chi connectivity index (χ0n) is 13.2. The fourth-order valence-corrected chi connectivity index (χ4v) is 3.34. The van der Waals surface area contributed by atoms with Crippen LogP contribution in [0.15, 0.2) is 48.5 Å². The van der Waals surface area contributed by atoms with Crippen molar-refractivity contribution in [3.63, 3.8) is 0 Å². The Balaban J connectivity index is 1.50. The largest absolute Gasteiger partial charge is 0.372 e. The van der Waals surface area contributed by atoms with Gasteiger partial charge in [0, 0.05) is 40.4 Å². The van der Waals surface area contributed by atoms with Gasteiger partial charge in [-0.05, 0) is 61.4 Å². The van der Waals surface area contributed by atoms with Gasteiger partial charge < -0.3 is 15.2 Å². The SMILES string of the molecule is O=C(Nc1ccc(N2CCCC2)cc1)c1cc2cc(Cl)ccc2[nH]1. The Kier molecular flexibility index (Phi) is 3.90. The molecule has 24 heavy (non-hydrogen) atoms. The minimum atomic E-state index is -0.156. The standard InChI is InChI=1S/C19H18ClN3O/c20-14-3-8-17-13(11-14)12-18(22-17)19(24)21-15-4-6-16(7-5-15)23-9-1-2-10-23/h3-8,11-12,22H,1-2,9-10H2,(H,21,24). The summed E-state index contributed by atoms with van der Waals surface area (Å²) in [6.45, 7) is 2.23. The number of anilines is 2. The number of amides is 1. The molecule has 0 saturated carbocycles. The van der Waals surface area contributed by atoms with Crippen molar-refractivity contribution in [1.82, 2.24) is 4.98 Å². The van der Waals surface area contributed by atoms with Gasteiger partial charge >= 0.3 is 0 Å². The van der Waals surface area contributed by atoms with E-state index in [2.05, 4.69) is 27.3 Å². The van der Waals surface area contributed by atoms with E-state index in [0.29, 0.717) is 10.7 Å². The van der Waals surface area contributed by atoms with Gasteiger partial charge in [0.25, 0.3) is 5.91 Å². The molecular formula is C19H18ClN3O. The van der Waals surface area contributed by atoms with Gasteiger partial charge in [-0.15, -0.1) is 0 Å². The molecule has 1 aliphatic heterocycles. The second-order valence-corrected chi connectivity index (χ2v) is 6.55. The first-order valence-corrected chi connectivity index (χ1v) is 8.51. The molecule has 1 fully saturated rings. The summed E-state index contributed by atoms with van der Waals surface area (Å²) in [4.78, 5) is 17.9. The molecule has 122 valence electrons. The van der Waals surface area contributed by atoms with Crippen LogP contribution in [0.4, 0.5) is 11.4 Å². The number of rotatable bonds is 3. The van der Waals surface area contributed by atoms with Crippen molar-refractivity contribution in [2.45, 2.75) is 12.8 Å². The Morgan fingerprint density at radius 3 is 2.54 bits per heavy atom. The molecule has 1 saturated heterocycles. The van der Waals surface area contributed by atoms with Crippen molar-refractivity contribution >= 4 is 39.8 Å². The van der Waals surface area contributed by atoms with Crippen LogP contribution in [0.3, 0.4) is 0 Å². The Morgan fingerprint density at radius 2 is 1.79 bits per heavy atom. The summed E-state index contributed by atoms with van der Waals surface area (Å²) in [7, 11) is 0. The van der Waals surface area contributed by atoms with E-state index in [1.807, 2.05) is 30.3 Å². The fourth-order valence-electron chi connectivity index (χ4n) is 3.16. The van der Waals surface area contributed by atoms with E-state index in [1.165, 1.54) is 18.5 Å². The minimum Gasteiger partial charge on any atom is -0.372 e. The van der Waals surface area contributed by atoms with Crippen molar-refractivity contribution < 1.29 is 4.79 Å². The molecule has 1 aromatic heterocycles. The van der Waals surface area contributed by atoms with Gasteiger partial charge in [0.05, 0.1) is 0 Å². The molecule has 4 rings (SSSR count). The number of carbonyl (C=O) groups is 1. The molecule has 0 radical (unpaired) electrons. The molecule has 2 heterocycles. The average Bonchev–Trinajstić information content (AvgIpc) is 3.24. The van der Waals surface area contributed by atoms with E-state index < -0.39 is 0 Å². The molecule has 1 amide bonds. The summed E-state index contributed by atoms with van der Waals surface area (Å²) in [5.74, 6) is -0.156. The Hall–Kier alpha value is -2.46. The summed E-state index contributed by atoms with van der Waals surface area (Å²) in [6, 6.07) is 15.4. The first-order valence-electron chi connectivity index (χ1n) is 8.14. The normalized spacial score (nSPS) is 14.3. The fraction of sp³-hybridized carbons (Fsp3) is 0.211. The highest BCUT2D eigenvalue weighted by Crippen LogP contribution is 2.23. The van der Waals surface area contributed by atoms with Crippen LogP contribution in [0.25, 0.3) is 10.9 Å². The maximum atomic E-state index is 12.4. The van der Waals surface area contributed by atoms with Crippen LogP contribution in [0.2, 0.25) is 5.02 Å². The van der Waals surface area contributed by atoms with Crippen LogP contribution < -0.4 is 10.2 Å². The lowest BCUT2D eigenvalue weighted by molar-refractivity contribution is 0.102. The summed E-state index contributed by atoms with van der Waals surface area (Å²) >= 11 is 5.99. The van der Waals surface area contributed by atoms with E-state index in [4.69, 9.17) is 11.6 Å². The summed E-state index contributed by atoms with van der Waals surface area (Å²) < 4.78 is 0. The number of aromatic nitrogens is 1. The number of carbonyl (C=O) groups excluding carboxylic acids is 1. The smallest absolute Gasteiger partial charge is 0.272 e. The number of nitrogens with zero attached hydrogens (tertiary/aromatic N) is 1. The van der Waals surface area contributed by atoms with Crippen LogP contribution in [-0.4, -0.2) is 24.0 Å². The number of benzene rings is 2. The molecule has 2 N–H and O–H groups in total. The number of nitrogens with one attached hydrogen (secondary N) is 2. The predicted molar refractivity (Wildman–Crippen MR) is 99.2 cm³/mol. The van der Waals surface area contributed by atoms with Gasteiger partial charge in [0.1, 0.15) is 5.69 Å². The first-order chi connectivity index (χ1) is 11.7. The van der Waals surface area contributed by atoms with Gasteiger partial charge in [-0.2, -0.15) is 0 Å². The highest BCUT2D eigenvalue weighted by molar-refractivity contribution is 6.31. The number of H-pyrrole nitrogens is 1. The molecule has 0 aliphatic carbocycles. The van der Waals surface area contributed by atoms with Crippen molar-refractivity contribution in [3.05, 3.63) is 59.2 Å². The van der Waals surface area contributed by atoms with Gasteiger partial charge in [0.2, 0.25) is 0 Å². The highest BCUT2D eigenvalue weighted by atomic mass is 35.5. The summed E-state index contributed by atoms with van der Waals surface area (Å²) in [5, 5.41) is 4.52. The molecule has 0 unspecified atom stereocenters.